The number of aryl methyl sites for hydroxylation is 2. The molecule has 0 atom stereocenters. The second kappa shape index (κ2) is 11.4. The van der Waals surface area contributed by atoms with Crippen LogP contribution < -0.4 is 4.74 Å². The van der Waals surface area contributed by atoms with Crippen molar-refractivity contribution >= 4 is 28.2 Å². The molecule has 4 aromatic carbocycles. The maximum Gasteiger partial charge on any atom is 0.514 e. The molecule has 0 aliphatic rings. The van der Waals surface area contributed by atoms with E-state index in [4.69, 9.17) is 19.4 Å². The molecule has 7 nitrogen and oxygen atoms in total. The Morgan fingerprint density at radius 2 is 1.51 bits per heavy atom. The Morgan fingerprint density at radius 3 is 2.26 bits per heavy atom. The SMILES string of the molecule is CCCc1nc2ccc(-c3nc4ccccc4n3C)cc2n1Cc1ccc(-c2ccccc2OC(=O)OC(C)(C)C)cc1. The van der Waals surface area contributed by atoms with Crippen LogP contribution in [-0.2, 0) is 24.8 Å². The van der Waals surface area contributed by atoms with Gasteiger partial charge in [-0.1, -0.05) is 61.5 Å². The molecule has 0 amide bonds. The van der Waals surface area contributed by atoms with Crippen molar-refractivity contribution in [1.82, 2.24) is 19.1 Å². The number of hydrogen-bond donors (Lipinski definition) is 0. The van der Waals surface area contributed by atoms with Crippen LogP contribution in [0, 0.1) is 0 Å². The highest BCUT2D eigenvalue weighted by atomic mass is 16.7. The first-order valence-corrected chi connectivity index (χ1v) is 14.7. The van der Waals surface area contributed by atoms with Crippen LogP contribution in [0.25, 0.3) is 44.6 Å². The summed E-state index contributed by atoms with van der Waals surface area (Å²) in [6.45, 7) is 8.31. The van der Waals surface area contributed by atoms with E-state index in [0.29, 0.717) is 12.3 Å². The highest BCUT2D eigenvalue weighted by Gasteiger charge is 2.20. The van der Waals surface area contributed by atoms with Gasteiger partial charge in [-0.2, -0.15) is 0 Å². The lowest BCUT2D eigenvalue weighted by Crippen LogP contribution is -2.26. The summed E-state index contributed by atoms with van der Waals surface area (Å²) in [6.07, 6.45) is 1.18. The van der Waals surface area contributed by atoms with E-state index in [0.717, 1.165) is 68.8 Å². The van der Waals surface area contributed by atoms with Gasteiger partial charge in [-0.05, 0) is 74.7 Å². The van der Waals surface area contributed by atoms with Crippen LogP contribution in [0.1, 0.15) is 45.5 Å². The summed E-state index contributed by atoms with van der Waals surface area (Å²) in [4.78, 5) is 22.3. The molecule has 0 unspecified atom stereocenters. The van der Waals surface area contributed by atoms with E-state index in [2.05, 4.69) is 71.6 Å². The number of imidazole rings is 2. The van der Waals surface area contributed by atoms with Crippen LogP contribution >= 0.6 is 0 Å². The zero-order valence-electron chi connectivity index (χ0n) is 25.3. The minimum atomic E-state index is -0.718. The van der Waals surface area contributed by atoms with Crippen molar-refractivity contribution in [2.45, 2.75) is 52.7 Å². The van der Waals surface area contributed by atoms with Crippen molar-refractivity contribution in [2.24, 2.45) is 7.05 Å². The highest BCUT2D eigenvalue weighted by molar-refractivity contribution is 5.85. The predicted octanol–water partition coefficient (Wildman–Crippen LogP) is 8.57. The summed E-state index contributed by atoms with van der Waals surface area (Å²) in [5, 5.41) is 0. The maximum atomic E-state index is 12.4. The lowest BCUT2D eigenvalue weighted by molar-refractivity contribution is 0.0207. The van der Waals surface area contributed by atoms with Crippen LogP contribution in [0.4, 0.5) is 4.79 Å². The molecule has 0 aliphatic carbocycles. The average molecular weight is 573 g/mol. The van der Waals surface area contributed by atoms with Gasteiger partial charge in [0.15, 0.2) is 0 Å². The average Bonchev–Trinajstić information content (AvgIpc) is 3.49. The molecule has 2 aromatic heterocycles. The molecule has 0 saturated carbocycles. The highest BCUT2D eigenvalue weighted by Crippen LogP contribution is 2.32. The molecule has 0 spiro atoms. The molecule has 0 bridgehead atoms. The predicted molar refractivity (Wildman–Crippen MR) is 171 cm³/mol. The van der Waals surface area contributed by atoms with Gasteiger partial charge in [0.1, 0.15) is 23.0 Å². The number of rotatable bonds is 7. The molecule has 218 valence electrons. The number of carbonyl (C=O) groups excluding carboxylic acids is 1. The zero-order valence-corrected chi connectivity index (χ0v) is 25.3. The molecule has 0 aliphatic heterocycles. The number of fused-ring (bicyclic) bond motifs is 2. The zero-order chi connectivity index (χ0) is 30.1. The van der Waals surface area contributed by atoms with E-state index in [1.54, 1.807) is 6.07 Å². The normalized spacial score (nSPS) is 11.7. The largest absolute Gasteiger partial charge is 0.514 e. The van der Waals surface area contributed by atoms with Crippen LogP contribution in [-0.4, -0.2) is 30.9 Å². The van der Waals surface area contributed by atoms with E-state index in [9.17, 15) is 4.79 Å². The lowest BCUT2D eigenvalue weighted by atomic mass is 10.0. The number of nitrogens with zero attached hydrogens (tertiary/aromatic N) is 4. The number of aromatic nitrogens is 4. The molecule has 6 rings (SSSR count). The fourth-order valence-corrected chi connectivity index (χ4v) is 5.43. The van der Waals surface area contributed by atoms with E-state index in [1.165, 1.54) is 0 Å². The summed E-state index contributed by atoms with van der Waals surface area (Å²) < 4.78 is 15.4. The monoisotopic (exact) mass is 572 g/mol. The molecule has 7 heteroatoms. The van der Waals surface area contributed by atoms with Gasteiger partial charge in [-0.3, -0.25) is 0 Å². The van der Waals surface area contributed by atoms with Crippen LogP contribution in [0.2, 0.25) is 0 Å². The van der Waals surface area contributed by atoms with Gasteiger partial charge in [0.25, 0.3) is 0 Å². The maximum absolute atomic E-state index is 12.4. The number of benzene rings is 4. The van der Waals surface area contributed by atoms with E-state index in [1.807, 2.05) is 57.2 Å². The molecular formula is C36H36N4O3. The third kappa shape index (κ3) is 5.89. The standard InChI is InChI=1S/C36H36N4O3/c1-6-11-33-37-29-21-20-26(34-38-28-13-8-9-14-30(28)39(34)5)22-31(29)40(33)23-24-16-18-25(19-17-24)27-12-7-10-15-32(27)42-35(41)43-36(2,3)4/h7-10,12-22H,6,11,23H2,1-5H3. The molecule has 2 heterocycles. The molecule has 0 N–H and O–H groups in total. The Bertz CT molecular complexity index is 1930. The molecule has 0 fully saturated rings. The third-order valence-electron chi connectivity index (χ3n) is 7.42. The summed E-state index contributed by atoms with van der Waals surface area (Å²) in [6, 6.07) is 30.5. The molecule has 6 aromatic rings. The van der Waals surface area contributed by atoms with Crippen molar-refractivity contribution in [3.05, 3.63) is 102 Å². The van der Waals surface area contributed by atoms with Crippen molar-refractivity contribution in [3.8, 4) is 28.3 Å². The number of para-hydroxylation sites is 3. The fourth-order valence-electron chi connectivity index (χ4n) is 5.43. The van der Waals surface area contributed by atoms with E-state index >= 15 is 0 Å². The Morgan fingerprint density at radius 1 is 0.814 bits per heavy atom. The molecule has 0 radical (unpaired) electrons. The van der Waals surface area contributed by atoms with Gasteiger partial charge in [0.2, 0.25) is 0 Å². The van der Waals surface area contributed by atoms with Crippen molar-refractivity contribution in [3.63, 3.8) is 0 Å². The van der Waals surface area contributed by atoms with Gasteiger partial charge in [-0.15, -0.1) is 0 Å². The Kier molecular flexibility index (Phi) is 7.48. The minimum Gasteiger partial charge on any atom is -0.428 e. The third-order valence-corrected chi connectivity index (χ3v) is 7.42. The fraction of sp³-hybridized carbons (Fsp3) is 0.250. The Hall–Kier alpha value is -4.91. The lowest BCUT2D eigenvalue weighted by Gasteiger charge is -2.19. The first-order chi connectivity index (χ1) is 20.7. The number of hydrogen-bond acceptors (Lipinski definition) is 5. The van der Waals surface area contributed by atoms with Crippen molar-refractivity contribution in [1.29, 1.82) is 0 Å². The van der Waals surface area contributed by atoms with Crippen LogP contribution in [0.15, 0.2) is 91.0 Å². The quantitative estimate of drug-likeness (QED) is 0.142. The Labute approximate surface area is 251 Å². The smallest absolute Gasteiger partial charge is 0.428 e. The summed E-state index contributed by atoms with van der Waals surface area (Å²) in [7, 11) is 2.06. The summed E-state index contributed by atoms with van der Waals surface area (Å²) >= 11 is 0. The first kappa shape index (κ1) is 28.2. The van der Waals surface area contributed by atoms with Crippen molar-refractivity contribution in [2.75, 3.05) is 0 Å². The van der Waals surface area contributed by atoms with Gasteiger partial charge in [0, 0.05) is 31.1 Å². The van der Waals surface area contributed by atoms with Gasteiger partial charge in [0.05, 0.1) is 22.1 Å². The van der Waals surface area contributed by atoms with Crippen molar-refractivity contribution < 1.29 is 14.3 Å². The van der Waals surface area contributed by atoms with Crippen LogP contribution in [0.3, 0.4) is 0 Å². The molecular weight excluding hydrogens is 536 g/mol. The summed E-state index contributed by atoms with van der Waals surface area (Å²) in [5.41, 5.74) is 7.53. The van der Waals surface area contributed by atoms with Gasteiger partial charge >= 0.3 is 6.16 Å². The van der Waals surface area contributed by atoms with Gasteiger partial charge in [-0.25, -0.2) is 14.8 Å². The topological polar surface area (TPSA) is 71.2 Å². The number of carbonyl (C=O) groups is 1. The van der Waals surface area contributed by atoms with E-state index < -0.39 is 11.8 Å². The molecule has 0 saturated heterocycles. The number of ether oxygens (including phenoxy) is 2. The minimum absolute atomic E-state index is 0.463. The second-order valence-corrected chi connectivity index (χ2v) is 11.8. The van der Waals surface area contributed by atoms with Crippen LogP contribution in [0.5, 0.6) is 5.75 Å². The summed E-state index contributed by atoms with van der Waals surface area (Å²) in [5.74, 6) is 2.47. The first-order valence-electron chi connectivity index (χ1n) is 14.7. The van der Waals surface area contributed by atoms with E-state index in [-0.39, 0.29) is 0 Å². The Balaban J connectivity index is 1.31. The van der Waals surface area contributed by atoms with Gasteiger partial charge < -0.3 is 18.6 Å². The molecule has 43 heavy (non-hydrogen) atoms. The second-order valence-electron chi connectivity index (χ2n) is 11.8.